The van der Waals surface area contributed by atoms with Gasteiger partial charge in [-0.25, -0.2) is 12.8 Å². The number of amides is 2. The van der Waals surface area contributed by atoms with E-state index < -0.39 is 34.3 Å². The molecular weight excluding hydrogens is 553 g/mol. The molecule has 0 bridgehead atoms. The van der Waals surface area contributed by atoms with Gasteiger partial charge >= 0.3 is 0 Å². The fraction of sp³-hybridized carbons (Fsp3) is 0.394. The molecule has 7 nitrogen and oxygen atoms in total. The Hall–Kier alpha value is -3.72. The van der Waals surface area contributed by atoms with E-state index in [4.69, 9.17) is 0 Å². The van der Waals surface area contributed by atoms with Crippen molar-refractivity contribution in [2.24, 2.45) is 0 Å². The maximum atomic E-state index is 14.3. The number of carbonyl (C=O) groups excluding carboxylic acids is 2. The van der Waals surface area contributed by atoms with Gasteiger partial charge in [-0.15, -0.1) is 0 Å². The normalized spacial score (nSPS) is 14.7. The highest BCUT2D eigenvalue weighted by Crippen LogP contribution is 2.27. The molecule has 1 saturated carbocycles. The minimum absolute atomic E-state index is 0.0130. The molecule has 2 amide bonds. The lowest BCUT2D eigenvalue weighted by molar-refractivity contribution is -0.140. The number of aryl methyl sites for hydroxylation is 2. The highest BCUT2D eigenvalue weighted by Gasteiger charge is 2.34. The topological polar surface area (TPSA) is 86.8 Å². The lowest BCUT2D eigenvalue weighted by Crippen LogP contribution is -2.55. The van der Waals surface area contributed by atoms with Crippen molar-refractivity contribution >= 4 is 27.5 Å². The number of rotatable bonds is 11. The predicted molar refractivity (Wildman–Crippen MR) is 164 cm³/mol. The van der Waals surface area contributed by atoms with E-state index in [9.17, 15) is 22.4 Å². The number of sulfonamides is 1. The minimum atomic E-state index is -3.86. The van der Waals surface area contributed by atoms with Crippen molar-refractivity contribution < 1.29 is 22.4 Å². The van der Waals surface area contributed by atoms with E-state index in [-0.39, 0.29) is 24.9 Å². The van der Waals surface area contributed by atoms with E-state index in [1.54, 1.807) is 38.1 Å². The second-order valence-corrected chi connectivity index (χ2v) is 13.1. The summed E-state index contributed by atoms with van der Waals surface area (Å²) in [4.78, 5) is 29.7. The molecule has 1 N–H and O–H groups in total. The first-order valence-electron chi connectivity index (χ1n) is 14.4. The Morgan fingerprint density at radius 1 is 0.881 bits per heavy atom. The Labute approximate surface area is 248 Å². The zero-order valence-corrected chi connectivity index (χ0v) is 25.4. The number of benzene rings is 3. The summed E-state index contributed by atoms with van der Waals surface area (Å²) in [6, 6.07) is 19.8. The molecule has 9 heteroatoms. The van der Waals surface area contributed by atoms with Gasteiger partial charge in [-0.05, 0) is 61.1 Å². The number of anilines is 1. The molecule has 0 aliphatic heterocycles. The van der Waals surface area contributed by atoms with Crippen LogP contribution in [0.1, 0.15) is 54.4 Å². The van der Waals surface area contributed by atoms with E-state index >= 15 is 0 Å². The van der Waals surface area contributed by atoms with Gasteiger partial charge in [-0.2, -0.15) is 0 Å². The van der Waals surface area contributed by atoms with Crippen molar-refractivity contribution in [2.45, 2.75) is 71.0 Å². The third kappa shape index (κ3) is 8.18. The summed E-state index contributed by atoms with van der Waals surface area (Å²) in [6.07, 6.45) is 6.28. The number of para-hydroxylation sites is 1. The second-order valence-electron chi connectivity index (χ2n) is 11.2. The summed E-state index contributed by atoms with van der Waals surface area (Å²) < 4.78 is 41.1. The molecule has 3 aromatic carbocycles. The van der Waals surface area contributed by atoms with E-state index in [2.05, 4.69) is 5.32 Å². The number of nitrogens with zero attached hydrogens (tertiary/aromatic N) is 2. The maximum absolute atomic E-state index is 14.3. The molecule has 0 unspecified atom stereocenters. The highest BCUT2D eigenvalue weighted by molar-refractivity contribution is 7.92. The molecule has 1 aliphatic rings. The molecule has 42 heavy (non-hydrogen) atoms. The van der Waals surface area contributed by atoms with E-state index in [1.807, 2.05) is 36.4 Å². The van der Waals surface area contributed by atoms with Gasteiger partial charge in [0.05, 0.1) is 11.9 Å². The van der Waals surface area contributed by atoms with Gasteiger partial charge in [-0.3, -0.25) is 13.9 Å². The standard InChI is InChI=1S/C33H40FN3O4S/c1-24-11-10-12-25(2)32(24)37(42(3,40)41)23-31(38)36(22-27-17-19-28(34)20-18-27)30(21-26-13-6-4-7-14-26)33(39)35-29-15-8-5-9-16-29/h4,6-7,10-14,17-20,29-30H,5,8-9,15-16,21-23H2,1-3H3,(H,35,39)/t30-/m0/s1. The Morgan fingerprint density at radius 2 is 1.50 bits per heavy atom. The molecule has 4 rings (SSSR count). The zero-order valence-electron chi connectivity index (χ0n) is 24.6. The highest BCUT2D eigenvalue weighted by atomic mass is 32.2. The fourth-order valence-electron chi connectivity index (χ4n) is 5.66. The Balaban J connectivity index is 1.74. The summed E-state index contributed by atoms with van der Waals surface area (Å²) in [5.41, 5.74) is 3.38. The number of carbonyl (C=O) groups is 2. The molecule has 1 aliphatic carbocycles. The summed E-state index contributed by atoms with van der Waals surface area (Å²) >= 11 is 0. The second kappa shape index (κ2) is 14.0. The summed E-state index contributed by atoms with van der Waals surface area (Å²) in [5.74, 6) is -1.21. The third-order valence-corrected chi connectivity index (χ3v) is 8.97. The largest absolute Gasteiger partial charge is 0.352 e. The van der Waals surface area contributed by atoms with Crippen LogP contribution in [-0.2, 0) is 32.6 Å². The van der Waals surface area contributed by atoms with Crippen LogP contribution in [0.15, 0.2) is 72.8 Å². The van der Waals surface area contributed by atoms with Crippen LogP contribution in [0.4, 0.5) is 10.1 Å². The summed E-state index contributed by atoms with van der Waals surface area (Å²) in [7, 11) is -3.86. The van der Waals surface area contributed by atoms with E-state index in [0.717, 1.165) is 48.2 Å². The van der Waals surface area contributed by atoms with Gasteiger partial charge in [0.25, 0.3) is 0 Å². The molecule has 0 aromatic heterocycles. The molecule has 224 valence electrons. The number of hydrogen-bond acceptors (Lipinski definition) is 4. The molecule has 3 aromatic rings. The van der Waals surface area contributed by atoms with Crippen LogP contribution in [0.2, 0.25) is 0 Å². The van der Waals surface area contributed by atoms with Crippen LogP contribution in [0.3, 0.4) is 0 Å². The first kappa shape index (κ1) is 31.2. The van der Waals surface area contributed by atoms with E-state index in [0.29, 0.717) is 22.4 Å². The van der Waals surface area contributed by atoms with Gasteiger partial charge in [0.15, 0.2) is 0 Å². The maximum Gasteiger partial charge on any atom is 0.244 e. The van der Waals surface area contributed by atoms with E-state index in [1.165, 1.54) is 17.0 Å². The first-order valence-corrected chi connectivity index (χ1v) is 16.3. The first-order chi connectivity index (χ1) is 20.0. The Kier molecular flexibility index (Phi) is 10.4. The molecular formula is C33H40FN3O4S. The zero-order chi connectivity index (χ0) is 30.3. The number of nitrogens with one attached hydrogen (secondary N) is 1. The average Bonchev–Trinajstić information content (AvgIpc) is 2.95. The number of hydrogen-bond donors (Lipinski definition) is 1. The van der Waals surface area contributed by atoms with Crippen molar-refractivity contribution in [3.63, 3.8) is 0 Å². The summed E-state index contributed by atoms with van der Waals surface area (Å²) in [6.45, 7) is 3.14. The Bertz CT molecular complexity index is 1450. The minimum Gasteiger partial charge on any atom is -0.352 e. The Morgan fingerprint density at radius 3 is 2.10 bits per heavy atom. The van der Waals surface area contributed by atoms with Gasteiger partial charge in [0, 0.05) is 19.0 Å². The predicted octanol–water partition coefficient (Wildman–Crippen LogP) is 5.30. The SMILES string of the molecule is Cc1cccc(C)c1N(CC(=O)N(Cc1ccc(F)cc1)[C@@H](Cc1ccccc1)C(=O)NC1CCCCC1)S(C)(=O)=O. The van der Waals surface area contributed by atoms with Crippen LogP contribution in [0.5, 0.6) is 0 Å². The van der Waals surface area contributed by atoms with Gasteiger partial charge in [-0.1, -0.05) is 79.9 Å². The van der Waals surface area contributed by atoms with Crippen LogP contribution in [-0.4, -0.2) is 50.0 Å². The van der Waals surface area contributed by atoms with Crippen molar-refractivity contribution in [1.82, 2.24) is 10.2 Å². The van der Waals surface area contributed by atoms with Gasteiger partial charge in [0.1, 0.15) is 18.4 Å². The van der Waals surface area contributed by atoms with Crippen molar-refractivity contribution in [2.75, 3.05) is 17.1 Å². The van der Waals surface area contributed by atoms with Gasteiger partial charge < -0.3 is 10.2 Å². The molecule has 1 atom stereocenters. The molecule has 1 fully saturated rings. The molecule has 0 heterocycles. The van der Waals surface area contributed by atoms with Crippen LogP contribution in [0.25, 0.3) is 0 Å². The quantitative estimate of drug-likeness (QED) is 0.327. The summed E-state index contributed by atoms with van der Waals surface area (Å²) in [5, 5.41) is 3.18. The lowest BCUT2D eigenvalue weighted by atomic mass is 9.94. The molecule has 0 spiro atoms. The lowest BCUT2D eigenvalue weighted by Gasteiger charge is -2.35. The van der Waals surface area contributed by atoms with Crippen molar-refractivity contribution in [1.29, 1.82) is 0 Å². The molecule has 0 saturated heterocycles. The van der Waals surface area contributed by atoms with Crippen molar-refractivity contribution in [3.8, 4) is 0 Å². The number of halogens is 1. The molecule has 0 radical (unpaired) electrons. The van der Waals surface area contributed by atoms with Crippen molar-refractivity contribution in [3.05, 3.63) is 101 Å². The van der Waals surface area contributed by atoms with Crippen LogP contribution < -0.4 is 9.62 Å². The van der Waals surface area contributed by atoms with Crippen LogP contribution >= 0.6 is 0 Å². The smallest absolute Gasteiger partial charge is 0.244 e. The average molecular weight is 594 g/mol. The third-order valence-electron chi connectivity index (χ3n) is 7.86. The van der Waals surface area contributed by atoms with Crippen LogP contribution in [0, 0.1) is 19.7 Å². The monoisotopic (exact) mass is 593 g/mol. The van der Waals surface area contributed by atoms with Gasteiger partial charge in [0.2, 0.25) is 21.8 Å². The fourth-order valence-corrected chi connectivity index (χ4v) is 6.62.